The first kappa shape index (κ1) is 31.2. The second-order valence-corrected chi connectivity index (χ2v) is 9.97. The minimum Gasteiger partial charge on any atom is -0.389 e. The van der Waals surface area contributed by atoms with Gasteiger partial charge in [-0.1, -0.05) is 76.1 Å². The molecule has 2 aromatic carbocycles. The minimum absolute atomic E-state index is 0.102. The normalized spacial score (nSPS) is 11.5. The van der Waals surface area contributed by atoms with E-state index in [0.717, 1.165) is 25.3 Å². The number of unbranched alkanes of at least 4 members (excludes halogenated alkanes) is 8. The molecule has 0 saturated carbocycles. The lowest BCUT2D eigenvalue weighted by molar-refractivity contribution is -0.384. The predicted octanol–water partition coefficient (Wildman–Crippen LogP) is 7.15. The average Bonchev–Trinajstić information content (AvgIpc) is 3.25. The van der Waals surface area contributed by atoms with Gasteiger partial charge in [-0.05, 0) is 31.0 Å². The fraction of sp³-hybridized carbons (Fsp3) is 0.419. The van der Waals surface area contributed by atoms with Crippen LogP contribution in [-0.2, 0) is 30.5 Å². The molecule has 0 bridgehead atoms. The molecule has 0 N–H and O–H groups in total. The molecule has 3 aromatic rings. The number of carbonyl (C=O) groups excluding carboxylic acids is 3. The fourth-order valence-electron chi connectivity index (χ4n) is 4.84. The van der Waals surface area contributed by atoms with E-state index in [0.29, 0.717) is 39.5 Å². The van der Waals surface area contributed by atoms with Crippen molar-refractivity contribution in [2.75, 3.05) is 0 Å². The summed E-state index contributed by atoms with van der Waals surface area (Å²) in [6, 6.07) is 9.78. The summed E-state index contributed by atoms with van der Waals surface area (Å²) in [6.07, 6.45) is 12.0. The van der Waals surface area contributed by atoms with E-state index >= 15 is 0 Å². The van der Waals surface area contributed by atoms with Crippen LogP contribution >= 0.6 is 0 Å². The van der Waals surface area contributed by atoms with Crippen molar-refractivity contribution < 1.29 is 28.9 Å². The molecule has 0 unspecified atom stereocenters. The van der Waals surface area contributed by atoms with Crippen LogP contribution in [0.3, 0.4) is 0 Å². The molecule has 0 atom stereocenters. The van der Waals surface area contributed by atoms with Crippen LogP contribution < -0.4 is 0 Å². The summed E-state index contributed by atoms with van der Waals surface area (Å²) < 4.78 is 6.39. The number of oxime groups is 1. The van der Waals surface area contributed by atoms with Gasteiger partial charge in [0.25, 0.3) is 5.69 Å². The first-order chi connectivity index (χ1) is 19.7. The number of aromatic nitrogens is 1. The number of carbonyl (C=O) groups is 3. The molecule has 1 aromatic heterocycles. The van der Waals surface area contributed by atoms with Crippen LogP contribution in [0, 0.1) is 10.1 Å². The number of nitrogens with zero attached hydrogens (tertiary/aromatic N) is 3. The van der Waals surface area contributed by atoms with Crippen molar-refractivity contribution in [3.63, 3.8) is 0 Å². The van der Waals surface area contributed by atoms with E-state index in [-0.39, 0.29) is 12.2 Å². The van der Waals surface area contributed by atoms with Crippen LogP contribution in [0.15, 0.2) is 54.2 Å². The highest BCUT2D eigenvalue weighted by Crippen LogP contribution is 2.33. The summed E-state index contributed by atoms with van der Waals surface area (Å²) >= 11 is 0. The molecule has 0 spiro atoms. The average molecular weight is 564 g/mol. The van der Waals surface area contributed by atoms with Crippen molar-refractivity contribution in [1.82, 2.24) is 4.57 Å². The Morgan fingerprint density at radius 3 is 2.17 bits per heavy atom. The zero-order chi connectivity index (χ0) is 29.8. The summed E-state index contributed by atoms with van der Waals surface area (Å²) in [4.78, 5) is 51.5. The van der Waals surface area contributed by atoms with Gasteiger partial charge in [0.1, 0.15) is 6.54 Å². The van der Waals surface area contributed by atoms with Crippen LogP contribution in [0.25, 0.3) is 21.8 Å². The number of esters is 2. The zero-order valence-electron chi connectivity index (χ0n) is 23.7. The van der Waals surface area contributed by atoms with Crippen molar-refractivity contribution in [2.24, 2.45) is 5.16 Å². The molecular formula is C31H37N3O7. The van der Waals surface area contributed by atoms with Crippen molar-refractivity contribution >= 4 is 51.1 Å². The van der Waals surface area contributed by atoms with E-state index in [1.807, 2.05) is 12.1 Å². The molecule has 3 rings (SSSR count). The van der Waals surface area contributed by atoms with Gasteiger partial charge in [0, 0.05) is 47.0 Å². The van der Waals surface area contributed by atoms with Crippen molar-refractivity contribution in [1.29, 1.82) is 0 Å². The number of ether oxygens (including phenoxy) is 1. The first-order valence-corrected chi connectivity index (χ1v) is 14.1. The minimum atomic E-state index is -0.864. The quantitative estimate of drug-likeness (QED) is 0.0264. The number of nitro groups is 1. The standard InChI is InChI=1S/C31H37N3O7/c1-4-6-7-8-9-10-11-12-13-14-27(32-41-22(3)35)23-15-17-28-25(19-23)26-20-24(34(38)39)16-18-29(26)33(28)21-31(37)40-30(36)5-2/h5,15-20H,2,4,6-14,21H2,1,3H3/b32-27+. The molecule has 10 heteroatoms. The zero-order valence-corrected chi connectivity index (χ0v) is 23.7. The Balaban J connectivity index is 1.90. The molecule has 1 heterocycles. The highest BCUT2D eigenvalue weighted by molar-refractivity contribution is 6.12. The van der Waals surface area contributed by atoms with Crippen LogP contribution in [0.4, 0.5) is 5.69 Å². The highest BCUT2D eigenvalue weighted by atomic mass is 16.7. The third kappa shape index (κ3) is 8.83. The molecule has 41 heavy (non-hydrogen) atoms. The van der Waals surface area contributed by atoms with Gasteiger partial charge in [-0.2, -0.15) is 0 Å². The number of fused-ring (bicyclic) bond motifs is 3. The molecule has 0 amide bonds. The Hall–Kier alpha value is -4.34. The first-order valence-electron chi connectivity index (χ1n) is 14.1. The molecule has 218 valence electrons. The number of nitro benzene ring substituents is 1. The van der Waals surface area contributed by atoms with Crippen molar-refractivity contribution in [3.05, 3.63) is 64.7 Å². The Kier molecular flexibility index (Phi) is 11.8. The molecule has 0 fully saturated rings. The second-order valence-electron chi connectivity index (χ2n) is 9.97. The van der Waals surface area contributed by atoms with Crippen LogP contribution in [0.5, 0.6) is 0 Å². The Morgan fingerprint density at radius 1 is 0.951 bits per heavy atom. The van der Waals surface area contributed by atoms with Gasteiger partial charge >= 0.3 is 17.9 Å². The predicted molar refractivity (Wildman–Crippen MR) is 158 cm³/mol. The highest BCUT2D eigenvalue weighted by Gasteiger charge is 2.19. The second kappa shape index (κ2) is 15.4. The van der Waals surface area contributed by atoms with Gasteiger partial charge in [-0.15, -0.1) is 0 Å². The number of non-ortho nitro benzene ring substituents is 1. The van der Waals surface area contributed by atoms with Gasteiger partial charge < -0.3 is 14.1 Å². The van der Waals surface area contributed by atoms with E-state index in [9.17, 15) is 24.5 Å². The smallest absolute Gasteiger partial charge is 0.337 e. The lowest BCUT2D eigenvalue weighted by Crippen LogP contribution is -2.16. The summed E-state index contributed by atoms with van der Waals surface area (Å²) in [5, 5.41) is 16.8. The molecule has 0 aliphatic rings. The third-order valence-corrected chi connectivity index (χ3v) is 6.86. The van der Waals surface area contributed by atoms with E-state index < -0.39 is 22.8 Å². The molecule has 0 aliphatic carbocycles. The molecule has 0 saturated heterocycles. The third-order valence-electron chi connectivity index (χ3n) is 6.86. The number of hydrogen-bond donors (Lipinski definition) is 0. The molecular weight excluding hydrogens is 526 g/mol. The van der Waals surface area contributed by atoms with Crippen LogP contribution in [0.1, 0.15) is 83.6 Å². The van der Waals surface area contributed by atoms with E-state index in [1.54, 1.807) is 16.7 Å². The maximum atomic E-state index is 12.4. The van der Waals surface area contributed by atoms with Gasteiger partial charge in [-0.25, -0.2) is 14.4 Å². The summed E-state index contributed by atoms with van der Waals surface area (Å²) in [7, 11) is 0. The lowest BCUT2D eigenvalue weighted by Gasteiger charge is -2.09. The maximum absolute atomic E-state index is 12.4. The Labute approximate surface area is 239 Å². The summed E-state index contributed by atoms with van der Waals surface area (Å²) in [6.45, 7) is 6.50. The van der Waals surface area contributed by atoms with Crippen LogP contribution in [-0.4, -0.2) is 33.1 Å². The van der Waals surface area contributed by atoms with Crippen molar-refractivity contribution in [3.8, 4) is 0 Å². The SMILES string of the molecule is C=CC(=O)OC(=O)Cn1c2ccc(/C(CCCCCCCCCCC)=N/OC(C)=O)cc2c2cc([N+](=O)[O-])ccc21. The van der Waals surface area contributed by atoms with E-state index in [1.165, 1.54) is 57.6 Å². The number of hydrogen-bond acceptors (Lipinski definition) is 8. The van der Waals surface area contributed by atoms with Gasteiger partial charge in [0.2, 0.25) is 0 Å². The van der Waals surface area contributed by atoms with Crippen molar-refractivity contribution in [2.45, 2.75) is 84.6 Å². The topological polar surface area (TPSA) is 130 Å². The largest absolute Gasteiger partial charge is 0.389 e. The van der Waals surface area contributed by atoms with E-state index in [2.05, 4.69) is 18.7 Å². The number of benzene rings is 2. The Bertz CT molecular complexity index is 1450. The Morgan fingerprint density at radius 2 is 1.56 bits per heavy atom. The number of rotatable bonds is 16. The molecule has 0 aliphatic heterocycles. The maximum Gasteiger partial charge on any atom is 0.337 e. The summed E-state index contributed by atoms with van der Waals surface area (Å²) in [5.74, 6) is -2.19. The fourth-order valence-corrected chi connectivity index (χ4v) is 4.84. The van der Waals surface area contributed by atoms with Gasteiger partial charge in [0.05, 0.1) is 16.2 Å². The summed E-state index contributed by atoms with van der Waals surface area (Å²) in [5.41, 5.74) is 2.36. The van der Waals surface area contributed by atoms with Crippen LogP contribution in [0.2, 0.25) is 0 Å². The molecule has 0 radical (unpaired) electrons. The monoisotopic (exact) mass is 563 g/mol. The van der Waals surface area contributed by atoms with Gasteiger partial charge in [-0.3, -0.25) is 10.1 Å². The lowest BCUT2D eigenvalue weighted by atomic mass is 10.0. The molecule has 10 nitrogen and oxygen atoms in total. The van der Waals surface area contributed by atoms with Gasteiger partial charge in [0.15, 0.2) is 0 Å². The van der Waals surface area contributed by atoms with E-state index in [4.69, 9.17) is 9.57 Å².